The Bertz CT molecular complexity index is 369. The van der Waals surface area contributed by atoms with E-state index in [2.05, 4.69) is 49.9 Å². The summed E-state index contributed by atoms with van der Waals surface area (Å²) in [4.78, 5) is 2.12. The summed E-state index contributed by atoms with van der Waals surface area (Å²) in [5, 5.41) is 10.3. The summed E-state index contributed by atoms with van der Waals surface area (Å²) in [6.45, 7) is 8.08. The second kappa shape index (κ2) is 3.57. The van der Waals surface area contributed by atoms with Crippen LogP contribution < -0.4 is 0 Å². The van der Waals surface area contributed by atoms with Crippen molar-refractivity contribution < 1.29 is 5.11 Å². The molecule has 1 N–H and O–H groups in total. The average molecular weight is 219 g/mol. The highest BCUT2D eigenvalue weighted by Gasteiger charge is 2.40. The molecular weight excluding hydrogens is 198 g/mol. The molecule has 0 unspecified atom stereocenters. The normalized spacial score (nSPS) is 20.6. The highest BCUT2D eigenvalue weighted by atomic mass is 16.3. The molecule has 1 aromatic rings. The summed E-state index contributed by atoms with van der Waals surface area (Å²) >= 11 is 0. The third kappa shape index (κ3) is 2.00. The van der Waals surface area contributed by atoms with Gasteiger partial charge in [0.1, 0.15) is 5.60 Å². The molecular formula is C14H21NO. The van der Waals surface area contributed by atoms with E-state index < -0.39 is 5.60 Å². The topological polar surface area (TPSA) is 23.5 Å². The molecule has 1 aromatic carbocycles. The molecule has 0 aliphatic carbocycles. The molecule has 2 heteroatoms. The third-order valence-corrected chi connectivity index (χ3v) is 3.35. The molecule has 0 radical (unpaired) electrons. The van der Waals surface area contributed by atoms with Crippen molar-refractivity contribution in [1.82, 2.24) is 4.90 Å². The van der Waals surface area contributed by atoms with Crippen molar-refractivity contribution in [2.24, 2.45) is 0 Å². The lowest BCUT2D eigenvalue weighted by Gasteiger charge is -2.45. The number of hydrogen-bond acceptors (Lipinski definition) is 2. The van der Waals surface area contributed by atoms with Gasteiger partial charge in [0.25, 0.3) is 0 Å². The van der Waals surface area contributed by atoms with Crippen LogP contribution in [0, 0.1) is 0 Å². The lowest BCUT2D eigenvalue weighted by molar-refractivity contribution is -0.0918. The van der Waals surface area contributed by atoms with Crippen LogP contribution in [0.1, 0.15) is 31.9 Å². The number of likely N-dealkylation sites (N-methyl/N-ethyl adjacent to an activating group) is 1. The minimum Gasteiger partial charge on any atom is -0.382 e. The van der Waals surface area contributed by atoms with Crippen molar-refractivity contribution >= 4 is 0 Å². The first-order chi connectivity index (χ1) is 7.31. The van der Waals surface area contributed by atoms with Crippen LogP contribution in [-0.2, 0) is 11.0 Å². The van der Waals surface area contributed by atoms with E-state index in [1.165, 1.54) is 5.56 Å². The van der Waals surface area contributed by atoms with E-state index >= 15 is 0 Å². The molecule has 0 spiro atoms. The molecule has 0 amide bonds. The standard InChI is InChI=1S/C14H21NO/c1-13(2,3)11-5-7-12(8-6-11)14(16)9-15(4)10-14/h5-8,16H,9-10H2,1-4H3. The van der Waals surface area contributed by atoms with Gasteiger partial charge in [0.15, 0.2) is 0 Å². The highest BCUT2D eigenvalue weighted by molar-refractivity contribution is 5.32. The summed E-state index contributed by atoms with van der Waals surface area (Å²) in [6, 6.07) is 8.39. The van der Waals surface area contributed by atoms with Crippen LogP contribution in [0.3, 0.4) is 0 Å². The van der Waals surface area contributed by atoms with Crippen molar-refractivity contribution in [1.29, 1.82) is 0 Å². The van der Waals surface area contributed by atoms with Gasteiger partial charge in [-0.25, -0.2) is 0 Å². The summed E-state index contributed by atoms with van der Waals surface area (Å²) in [5.41, 5.74) is 1.91. The van der Waals surface area contributed by atoms with Crippen molar-refractivity contribution in [3.63, 3.8) is 0 Å². The SMILES string of the molecule is CN1CC(O)(c2ccc(C(C)(C)C)cc2)C1. The van der Waals surface area contributed by atoms with Gasteiger partial charge in [-0.2, -0.15) is 0 Å². The monoisotopic (exact) mass is 219 g/mol. The van der Waals surface area contributed by atoms with Crippen LogP contribution in [0.4, 0.5) is 0 Å². The molecule has 1 aliphatic heterocycles. The maximum absolute atomic E-state index is 10.3. The summed E-state index contributed by atoms with van der Waals surface area (Å²) in [6.07, 6.45) is 0. The smallest absolute Gasteiger partial charge is 0.115 e. The Labute approximate surface area is 97.9 Å². The zero-order valence-corrected chi connectivity index (χ0v) is 10.6. The molecule has 1 aliphatic rings. The number of rotatable bonds is 1. The number of β-amino-alcohol motifs (C(OH)–C–C–N with tert-alkyl or cyclic N) is 1. The third-order valence-electron chi connectivity index (χ3n) is 3.35. The molecule has 0 aromatic heterocycles. The van der Waals surface area contributed by atoms with Crippen LogP contribution in [0.25, 0.3) is 0 Å². The Hall–Kier alpha value is -0.860. The Morgan fingerprint density at radius 3 is 2.00 bits per heavy atom. The van der Waals surface area contributed by atoms with Crippen molar-refractivity contribution in [3.05, 3.63) is 35.4 Å². The number of hydrogen-bond donors (Lipinski definition) is 1. The van der Waals surface area contributed by atoms with Gasteiger partial charge >= 0.3 is 0 Å². The number of nitrogens with zero attached hydrogens (tertiary/aromatic N) is 1. The zero-order valence-electron chi connectivity index (χ0n) is 10.6. The van der Waals surface area contributed by atoms with E-state index in [1.54, 1.807) is 0 Å². The van der Waals surface area contributed by atoms with Gasteiger partial charge in [0.2, 0.25) is 0 Å². The maximum atomic E-state index is 10.3. The zero-order chi connectivity index (χ0) is 12.0. The van der Waals surface area contributed by atoms with Gasteiger partial charge in [0, 0.05) is 13.1 Å². The van der Waals surface area contributed by atoms with Crippen LogP contribution >= 0.6 is 0 Å². The van der Waals surface area contributed by atoms with Gasteiger partial charge in [0.05, 0.1) is 0 Å². The fourth-order valence-corrected chi connectivity index (χ4v) is 2.31. The molecule has 0 saturated carbocycles. The number of likely N-dealkylation sites (tertiary alicyclic amines) is 1. The van der Waals surface area contributed by atoms with Gasteiger partial charge in [-0.3, -0.25) is 4.90 Å². The maximum Gasteiger partial charge on any atom is 0.115 e. The molecule has 2 rings (SSSR count). The fourth-order valence-electron chi connectivity index (χ4n) is 2.31. The Kier molecular flexibility index (Phi) is 2.59. The van der Waals surface area contributed by atoms with E-state index in [4.69, 9.17) is 0 Å². The molecule has 0 atom stereocenters. The van der Waals surface area contributed by atoms with Gasteiger partial charge in [-0.15, -0.1) is 0 Å². The molecule has 16 heavy (non-hydrogen) atoms. The van der Waals surface area contributed by atoms with Gasteiger partial charge in [-0.1, -0.05) is 45.0 Å². The van der Waals surface area contributed by atoms with Gasteiger partial charge in [-0.05, 0) is 23.6 Å². The molecule has 88 valence electrons. The summed E-state index contributed by atoms with van der Waals surface area (Å²) in [7, 11) is 2.03. The molecule has 1 fully saturated rings. The second-order valence-corrected chi connectivity index (χ2v) is 6.03. The van der Waals surface area contributed by atoms with E-state index in [0.717, 1.165) is 18.7 Å². The van der Waals surface area contributed by atoms with E-state index in [-0.39, 0.29) is 5.41 Å². The second-order valence-electron chi connectivity index (χ2n) is 6.03. The predicted molar refractivity (Wildman–Crippen MR) is 66.5 cm³/mol. The minimum absolute atomic E-state index is 0.178. The van der Waals surface area contributed by atoms with Crippen LogP contribution in [-0.4, -0.2) is 30.1 Å². The van der Waals surface area contributed by atoms with E-state index in [9.17, 15) is 5.11 Å². The fraction of sp³-hybridized carbons (Fsp3) is 0.571. The first kappa shape index (κ1) is 11.6. The quantitative estimate of drug-likeness (QED) is 0.782. The highest BCUT2D eigenvalue weighted by Crippen LogP contribution is 2.32. The van der Waals surface area contributed by atoms with E-state index in [0.29, 0.717) is 0 Å². The van der Waals surface area contributed by atoms with Crippen molar-refractivity contribution in [2.75, 3.05) is 20.1 Å². The van der Waals surface area contributed by atoms with Crippen molar-refractivity contribution in [3.8, 4) is 0 Å². The Morgan fingerprint density at radius 1 is 1.12 bits per heavy atom. The van der Waals surface area contributed by atoms with Crippen LogP contribution in [0.2, 0.25) is 0 Å². The Morgan fingerprint density at radius 2 is 1.62 bits per heavy atom. The average Bonchev–Trinajstić information content (AvgIpc) is 2.14. The lowest BCUT2D eigenvalue weighted by atomic mass is 9.82. The lowest BCUT2D eigenvalue weighted by Crippen LogP contribution is -2.57. The molecule has 0 bridgehead atoms. The Balaban J connectivity index is 2.20. The summed E-state index contributed by atoms with van der Waals surface area (Å²) in [5.74, 6) is 0. The van der Waals surface area contributed by atoms with Crippen molar-refractivity contribution in [2.45, 2.75) is 31.8 Å². The summed E-state index contributed by atoms with van der Waals surface area (Å²) < 4.78 is 0. The number of aliphatic hydroxyl groups is 1. The first-order valence-corrected chi connectivity index (χ1v) is 5.83. The van der Waals surface area contributed by atoms with E-state index in [1.807, 2.05) is 7.05 Å². The van der Waals surface area contributed by atoms with Crippen LogP contribution in [0.15, 0.2) is 24.3 Å². The molecule has 1 saturated heterocycles. The predicted octanol–water partition coefficient (Wildman–Crippen LogP) is 2.12. The van der Waals surface area contributed by atoms with Gasteiger partial charge < -0.3 is 5.11 Å². The molecule has 1 heterocycles. The number of benzene rings is 1. The largest absolute Gasteiger partial charge is 0.382 e. The van der Waals surface area contributed by atoms with Crippen LogP contribution in [0.5, 0.6) is 0 Å². The first-order valence-electron chi connectivity index (χ1n) is 5.83. The molecule has 2 nitrogen and oxygen atoms in total. The minimum atomic E-state index is -0.620.